The Hall–Kier alpha value is -3.34. The summed E-state index contributed by atoms with van der Waals surface area (Å²) in [5.74, 6) is 0.405. The molecule has 0 saturated heterocycles. The van der Waals surface area contributed by atoms with Gasteiger partial charge in [0.25, 0.3) is 0 Å². The molecule has 1 amide bonds. The Morgan fingerprint density at radius 2 is 1.92 bits per heavy atom. The zero-order valence-corrected chi connectivity index (χ0v) is 14.7. The second kappa shape index (κ2) is 6.52. The van der Waals surface area contributed by atoms with Crippen molar-refractivity contribution in [3.63, 3.8) is 0 Å². The maximum absolute atomic E-state index is 12.4. The largest absolute Gasteiger partial charge is 0.464 e. The quantitative estimate of drug-likeness (QED) is 0.596. The molecule has 0 atom stereocenters. The van der Waals surface area contributed by atoms with Gasteiger partial charge in [0.15, 0.2) is 5.82 Å². The van der Waals surface area contributed by atoms with Crippen LogP contribution in [0.2, 0.25) is 0 Å². The van der Waals surface area contributed by atoms with Crippen molar-refractivity contribution in [3.8, 4) is 5.69 Å². The Morgan fingerprint density at radius 3 is 2.73 bits per heavy atom. The summed E-state index contributed by atoms with van der Waals surface area (Å²) in [5.41, 5.74) is 4.95. The number of aryl methyl sites for hydroxylation is 2. The van der Waals surface area contributed by atoms with E-state index in [0.29, 0.717) is 5.82 Å². The lowest BCUT2D eigenvalue weighted by Crippen LogP contribution is -2.14. The zero-order chi connectivity index (χ0) is 18.1. The van der Waals surface area contributed by atoms with Crippen LogP contribution in [-0.2, 0) is 11.2 Å². The van der Waals surface area contributed by atoms with Crippen molar-refractivity contribution in [2.45, 2.75) is 20.3 Å². The molecule has 0 spiro atoms. The highest BCUT2D eigenvalue weighted by atomic mass is 16.3. The number of amides is 1. The van der Waals surface area contributed by atoms with Gasteiger partial charge >= 0.3 is 0 Å². The summed E-state index contributed by atoms with van der Waals surface area (Å²) in [7, 11) is 0. The van der Waals surface area contributed by atoms with Crippen LogP contribution in [0.25, 0.3) is 16.7 Å². The van der Waals surface area contributed by atoms with E-state index < -0.39 is 0 Å². The van der Waals surface area contributed by atoms with E-state index in [1.807, 2.05) is 56.4 Å². The van der Waals surface area contributed by atoms with Crippen LogP contribution in [-0.4, -0.2) is 15.7 Å². The fraction of sp³-hybridized carbons (Fsp3) is 0.143. The monoisotopic (exact) mass is 345 g/mol. The Labute approximate surface area is 151 Å². The molecule has 1 N–H and O–H groups in total. The number of furan rings is 1. The van der Waals surface area contributed by atoms with Crippen molar-refractivity contribution in [1.82, 2.24) is 9.78 Å². The number of para-hydroxylation sites is 1. The fourth-order valence-corrected chi connectivity index (χ4v) is 3.00. The number of carbonyl (C=O) groups excluding carboxylic acids is 1. The molecule has 5 heteroatoms. The average molecular weight is 345 g/mol. The predicted molar refractivity (Wildman–Crippen MR) is 102 cm³/mol. The highest BCUT2D eigenvalue weighted by Crippen LogP contribution is 2.27. The summed E-state index contributed by atoms with van der Waals surface area (Å²) in [6, 6.07) is 15.6. The molecule has 2 aromatic carbocycles. The molecule has 0 aliphatic heterocycles. The lowest BCUT2D eigenvalue weighted by molar-refractivity contribution is -0.115. The molecule has 26 heavy (non-hydrogen) atoms. The van der Waals surface area contributed by atoms with Gasteiger partial charge in [-0.05, 0) is 37.1 Å². The normalized spacial score (nSPS) is 11.0. The number of benzene rings is 2. The number of rotatable bonds is 4. The molecule has 0 bridgehead atoms. The van der Waals surface area contributed by atoms with Crippen molar-refractivity contribution in [1.29, 1.82) is 0 Å². The molecule has 0 aliphatic rings. The standard InChI is InChI=1S/C21H19N3O2/c1-14-8-9-18-16(13-26-21(18)15(14)2)12-20(25)22-19-10-11-24(23-19)17-6-4-3-5-7-17/h3-11,13H,12H2,1-2H3,(H,22,23,25). The van der Waals surface area contributed by atoms with Crippen molar-refractivity contribution >= 4 is 22.7 Å². The Bertz CT molecular complexity index is 1080. The number of aromatic nitrogens is 2. The van der Waals surface area contributed by atoms with E-state index in [1.54, 1.807) is 17.0 Å². The van der Waals surface area contributed by atoms with Crippen molar-refractivity contribution < 1.29 is 9.21 Å². The van der Waals surface area contributed by atoms with Gasteiger partial charge in [-0.25, -0.2) is 4.68 Å². The van der Waals surface area contributed by atoms with Crippen LogP contribution in [0.15, 0.2) is 65.4 Å². The van der Waals surface area contributed by atoms with Gasteiger partial charge in [-0.3, -0.25) is 4.79 Å². The van der Waals surface area contributed by atoms with E-state index in [-0.39, 0.29) is 12.3 Å². The molecule has 2 heterocycles. The first kappa shape index (κ1) is 16.1. The van der Waals surface area contributed by atoms with Crippen LogP contribution < -0.4 is 5.32 Å². The van der Waals surface area contributed by atoms with Gasteiger partial charge in [0.1, 0.15) is 5.58 Å². The van der Waals surface area contributed by atoms with Gasteiger partial charge in [0, 0.05) is 23.2 Å². The molecule has 0 unspecified atom stereocenters. The summed E-state index contributed by atoms with van der Waals surface area (Å²) < 4.78 is 7.41. The van der Waals surface area contributed by atoms with Gasteiger partial charge in [0.05, 0.1) is 18.4 Å². The predicted octanol–water partition coefficient (Wildman–Crippen LogP) is 4.42. The van der Waals surface area contributed by atoms with E-state index in [0.717, 1.165) is 27.8 Å². The second-order valence-corrected chi connectivity index (χ2v) is 6.35. The van der Waals surface area contributed by atoms with Crippen molar-refractivity contribution in [2.24, 2.45) is 0 Å². The van der Waals surface area contributed by atoms with Crippen LogP contribution in [0.5, 0.6) is 0 Å². The SMILES string of the molecule is Cc1ccc2c(CC(=O)Nc3ccn(-c4ccccc4)n3)coc2c1C. The van der Waals surface area contributed by atoms with E-state index >= 15 is 0 Å². The number of carbonyl (C=O) groups is 1. The molecular formula is C21H19N3O2. The van der Waals surface area contributed by atoms with E-state index in [9.17, 15) is 4.79 Å². The molecule has 130 valence electrons. The van der Waals surface area contributed by atoms with E-state index in [2.05, 4.69) is 16.5 Å². The Balaban J connectivity index is 1.50. The first-order valence-corrected chi connectivity index (χ1v) is 8.49. The minimum Gasteiger partial charge on any atom is -0.464 e. The number of nitrogens with zero attached hydrogens (tertiary/aromatic N) is 2. The number of hydrogen-bond acceptors (Lipinski definition) is 3. The highest BCUT2D eigenvalue weighted by Gasteiger charge is 2.13. The van der Waals surface area contributed by atoms with E-state index in [4.69, 9.17) is 4.42 Å². The summed E-state index contributed by atoms with van der Waals surface area (Å²) in [4.78, 5) is 12.4. The molecule has 0 saturated carbocycles. The average Bonchev–Trinajstić information content (AvgIpc) is 3.27. The van der Waals surface area contributed by atoms with Gasteiger partial charge < -0.3 is 9.73 Å². The van der Waals surface area contributed by atoms with Gasteiger partial charge in [-0.15, -0.1) is 0 Å². The van der Waals surface area contributed by atoms with Gasteiger partial charge in [-0.2, -0.15) is 5.10 Å². The van der Waals surface area contributed by atoms with Gasteiger partial charge in [-0.1, -0.05) is 30.3 Å². The Morgan fingerprint density at radius 1 is 1.12 bits per heavy atom. The molecule has 4 aromatic rings. The molecule has 2 aromatic heterocycles. The number of nitrogens with one attached hydrogen (secondary N) is 1. The summed E-state index contributed by atoms with van der Waals surface area (Å²) in [5, 5.41) is 8.23. The molecule has 0 aliphatic carbocycles. The minimum atomic E-state index is -0.121. The lowest BCUT2D eigenvalue weighted by atomic mass is 10.0. The zero-order valence-electron chi connectivity index (χ0n) is 14.7. The number of fused-ring (bicyclic) bond motifs is 1. The van der Waals surface area contributed by atoms with Crippen LogP contribution in [0.1, 0.15) is 16.7 Å². The maximum Gasteiger partial charge on any atom is 0.230 e. The van der Waals surface area contributed by atoms with Crippen LogP contribution in [0.3, 0.4) is 0 Å². The first-order valence-electron chi connectivity index (χ1n) is 8.49. The van der Waals surface area contributed by atoms with Crippen LogP contribution in [0, 0.1) is 13.8 Å². The molecule has 4 rings (SSSR count). The number of hydrogen-bond donors (Lipinski definition) is 1. The topological polar surface area (TPSA) is 60.1 Å². The second-order valence-electron chi connectivity index (χ2n) is 6.35. The molecule has 0 radical (unpaired) electrons. The third kappa shape index (κ3) is 2.99. The maximum atomic E-state index is 12.4. The van der Waals surface area contributed by atoms with E-state index in [1.165, 1.54) is 5.56 Å². The Kier molecular flexibility index (Phi) is 4.05. The smallest absolute Gasteiger partial charge is 0.230 e. The van der Waals surface area contributed by atoms with Crippen molar-refractivity contribution in [2.75, 3.05) is 5.32 Å². The van der Waals surface area contributed by atoms with Crippen LogP contribution in [0.4, 0.5) is 5.82 Å². The third-order valence-corrected chi connectivity index (χ3v) is 4.57. The molecule has 5 nitrogen and oxygen atoms in total. The third-order valence-electron chi connectivity index (χ3n) is 4.57. The lowest BCUT2D eigenvalue weighted by Gasteiger charge is -2.03. The summed E-state index contributed by atoms with van der Waals surface area (Å²) in [6.45, 7) is 4.08. The fourth-order valence-electron chi connectivity index (χ4n) is 3.00. The summed E-state index contributed by atoms with van der Waals surface area (Å²) in [6.07, 6.45) is 3.73. The first-order chi connectivity index (χ1) is 12.6. The summed E-state index contributed by atoms with van der Waals surface area (Å²) >= 11 is 0. The minimum absolute atomic E-state index is 0.121. The molecular weight excluding hydrogens is 326 g/mol. The van der Waals surface area contributed by atoms with Crippen LogP contribution >= 0.6 is 0 Å². The van der Waals surface area contributed by atoms with Gasteiger partial charge in [0.2, 0.25) is 5.91 Å². The van der Waals surface area contributed by atoms with Crippen molar-refractivity contribution in [3.05, 3.63) is 77.7 Å². The highest BCUT2D eigenvalue weighted by molar-refractivity contribution is 5.95. The number of anilines is 1. The molecule has 0 fully saturated rings.